The average molecular weight is 387 g/mol. The van der Waals surface area contributed by atoms with Crippen molar-refractivity contribution in [2.45, 2.75) is 12.8 Å². The maximum atomic E-state index is 5.46. The summed E-state index contributed by atoms with van der Waals surface area (Å²) in [6, 6.07) is 13.6. The Kier molecular flexibility index (Phi) is 8.45. The van der Waals surface area contributed by atoms with E-state index in [4.69, 9.17) is 26.4 Å². The molecule has 0 atom stereocenters. The number of ether oxygens (including phenoxy) is 3. The van der Waals surface area contributed by atoms with Crippen molar-refractivity contribution in [3.8, 4) is 17.2 Å². The maximum absolute atomic E-state index is 5.46. The fraction of sp³-hybridized carbons (Fsp3) is 0.286. The molecular formula is C21H26N2O3S. The van der Waals surface area contributed by atoms with E-state index in [9.17, 15) is 0 Å². The van der Waals surface area contributed by atoms with Gasteiger partial charge in [-0.2, -0.15) is 0 Å². The fourth-order valence-electron chi connectivity index (χ4n) is 2.50. The molecule has 6 heteroatoms. The Labute approximate surface area is 166 Å². The smallest absolute Gasteiger partial charge is 0.170 e. The molecule has 0 saturated heterocycles. The second kappa shape index (κ2) is 11.1. The highest BCUT2D eigenvalue weighted by molar-refractivity contribution is 7.80. The normalized spacial score (nSPS) is 10.0. The molecular weight excluding hydrogens is 360 g/mol. The van der Waals surface area contributed by atoms with Crippen LogP contribution >= 0.6 is 12.2 Å². The van der Waals surface area contributed by atoms with Gasteiger partial charge in [0.1, 0.15) is 12.4 Å². The second-order valence-corrected chi connectivity index (χ2v) is 6.21. The Morgan fingerprint density at radius 1 is 1.07 bits per heavy atom. The fourth-order valence-corrected chi connectivity index (χ4v) is 2.72. The summed E-state index contributed by atoms with van der Waals surface area (Å²) < 4.78 is 16.0. The minimum absolute atomic E-state index is 0.493. The highest BCUT2D eigenvalue weighted by Gasteiger charge is 2.04. The van der Waals surface area contributed by atoms with E-state index in [1.807, 2.05) is 42.5 Å². The van der Waals surface area contributed by atoms with Crippen LogP contribution in [0.3, 0.4) is 0 Å². The molecule has 0 heterocycles. The molecule has 0 spiro atoms. The molecule has 2 N–H and O–H groups in total. The predicted molar refractivity (Wildman–Crippen MR) is 114 cm³/mol. The van der Waals surface area contributed by atoms with E-state index in [-0.39, 0.29) is 0 Å². The summed E-state index contributed by atoms with van der Waals surface area (Å²) in [4.78, 5) is 0. The molecule has 27 heavy (non-hydrogen) atoms. The van der Waals surface area contributed by atoms with Gasteiger partial charge in [0.2, 0.25) is 0 Å². The molecule has 0 fully saturated rings. The summed E-state index contributed by atoms with van der Waals surface area (Å²) in [6.45, 7) is 4.90. The number of rotatable bonds is 10. The van der Waals surface area contributed by atoms with Crippen LogP contribution in [-0.2, 0) is 6.42 Å². The van der Waals surface area contributed by atoms with Crippen LogP contribution in [0.2, 0.25) is 0 Å². The first-order chi connectivity index (χ1) is 13.2. The number of nitrogens with one attached hydrogen (secondary N) is 2. The summed E-state index contributed by atoms with van der Waals surface area (Å²) in [7, 11) is 3.28. The zero-order chi connectivity index (χ0) is 19.5. The molecule has 144 valence electrons. The quantitative estimate of drug-likeness (QED) is 0.363. The summed E-state index contributed by atoms with van der Waals surface area (Å²) >= 11 is 5.34. The minimum atomic E-state index is 0.493. The minimum Gasteiger partial charge on any atom is -0.493 e. The van der Waals surface area contributed by atoms with Gasteiger partial charge in [-0.05, 0) is 67.0 Å². The molecule has 2 aromatic carbocycles. The van der Waals surface area contributed by atoms with E-state index in [2.05, 4.69) is 17.2 Å². The van der Waals surface area contributed by atoms with Crippen LogP contribution in [0.4, 0.5) is 5.69 Å². The Morgan fingerprint density at radius 3 is 2.48 bits per heavy atom. The molecule has 5 nitrogen and oxygen atoms in total. The van der Waals surface area contributed by atoms with Gasteiger partial charge >= 0.3 is 0 Å². The molecule has 2 aromatic rings. The molecule has 0 aliphatic rings. The average Bonchev–Trinajstić information content (AvgIpc) is 2.70. The van der Waals surface area contributed by atoms with Crippen LogP contribution in [0, 0.1) is 0 Å². The van der Waals surface area contributed by atoms with Crippen molar-refractivity contribution in [1.82, 2.24) is 5.32 Å². The largest absolute Gasteiger partial charge is 0.493 e. The lowest BCUT2D eigenvalue weighted by Crippen LogP contribution is -2.29. The van der Waals surface area contributed by atoms with Crippen molar-refractivity contribution in [2.24, 2.45) is 0 Å². The van der Waals surface area contributed by atoms with E-state index in [1.165, 1.54) is 5.56 Å². The number of benzene rings is 2. The Bertz CT molecular complexity index is 748. The zero-order valence-electron chi connectivity index (χ0n) is 15.8. The Hall–Kier alpha value is -2.73. The van der Waals surface area contributed by atoms with E-state index >= 15 is 0 Å². The van der Waals surface area contributed by atoms with Gasteiger partial charge in [-0.25, -0.2) is 0 Å². The van der Waals surface area contributed by atoms with Gasteiger partial charge in [-0.15, -0.1) is 0 Å². The van der Waals surface area contributed by atoms with Gasteiger partial charge in [0.15, 0.2) is 16.6 Å². The molecule has 0 radical (unpaired) electrons. The lowest BCUT2D eigenvalue weighted by Gasteiger charge is -2.12. The van der Waals surface area contributed by atoms with Gasteiger partial charge in [-0.1, -0.05) is 18.7 Å². The van der Waals surface area contributed by atoms with Crippen molar-refractivity contribution >= 4 is 23.0 Å². The Morgan fingerprint density at radius 2 is 1.81 bits per heavy atom. The topological polar surface area (TPSA) is 51.8 Å². The first-order valence-corrected chi connectivity index (χ1v) is 9.16. The molecule has 0 aliphatic carbocycles. The molecule has 2 rings (SSSR count). The second-order valence-electron chi connectivity index (χ2n) is 5.80. The third-order valence-electron chi connectivity index (χ3n) is 3.86. The van der Waals surface area contributed by atoms with Gasteiger partial charge in [0.25, 0.3) is 0 Å². The number of hydrogen-bond donors (Lipinski definition) is 2. The van der Waals surface area contributed by atoms with Crippen molar-refractivity contribution in [3.63, 3.8) is 0 Å². The van der Waals surface area contributed by atoms with Crippen LogP contribution in [0.5, 0.6) is 17.2 Å². The van der Waals surface area contributed by atoms with Gasteiger partial charge in [-0.3, -0.25) is 0 Å². The van der Waals surface area contributed by atoms with Crippen LogP contribution in [-0.4, -0.2) is 32.5 Å². The van der Waals surface area contributed by atoms with Crippen LogP contribution in [0.25, 0.3) is 0 Å². The number of methoxy groups -OCH3 is 2. The monoisotopic (exact) mass is 386 g/mol. The molecule has 0 amide bonds. The van der Waals surface area contributed by atoms with Crippen molar-refractivity contribution in [1.29, 1.82) is 0 Å². The highest BCUT2D eigenvalue weighted by Crippen LogP contribution is 2.27. The lowest BCUT2D eigenvalue weighted by atomic mass is 10.1. The molecule has 0 bridgehead atoms. The SMILES string of the molecule is C=CCOc1ccc(NC(=S)NCCCc2ccc(OC)c(OC)c2)cc1. The van der Waals surface area contributed by atoms with E-state index in [0.717, 1.165) is 42.3 Å². The highest BCUT2D eigenvalue weighted by atomic mass is 32.1. The predicted octanol–water partition coefficient (Wildman–Crippen LogP) is 4.19. The van der Waals surface area contributed by atoms with Gasteiger partial charge < -0.3 is 24.8 Å². The van der Waals surface area contributed by atoms with Gasteiger partial charge in [0.05, 0.1) is 14.2 Å². The standard InChI is InChI=1S/C21H26N2O3S/c1-4-14-26-18-10-8-17(9-11-18)23-21(27)22-13-5-6-16-7-12-19(24-2)20(15-16)25-3/h4,7-12,15H,1,5-6,13-14H2,2-3H3,(H2,22,23,27). The van der Waals surface area contributed by atoms with E-state index in [1.54, 1.807) is 20.3 Å². The lowest BCUT2D eigenvalue weighted by molar-refractivity contribution is 0.354. The van der Waals surface area contributed by atoms with Crippen LogP contribution in [0.1, 0.15) is 12.0 Å². The Balaban J connectivity index is 1.72. The number of anilines is 1. The summed E-state index contributed by atoms with van der Waals surface area (Å²) in [6.07, 6.45) is 3.59. The first kappa shape index (κ1) is 20.6. The molecule has 0 aliphatic heterocycles. The third-order valence-corrected chi connectivity index (χ3v) is 4.10. The van der Waals surface area contributed by atoms with Crippen LogP contribution < -0.4 is 24.8 Å². The van der Waals surface area contributed by atoms with Crippen LogP contribution in [0.15, 0.2) is 55.1 Å². The van der Waals surface area contributed by atoms with Crippen molar-refractivity contribution in [2.75, 3.05) is 32.7 Å². The number of hydrogen-bond acceptors (Lipinski definition) is 4. The molecule has 0 unspecified atom stereocenters. The van der Waals surface area contributed by atoms with Gasteiger partial charge in [0, 0.05) is 12.2 Å². The zero-order valence-corrected chi connectivity index (χ0v) is 16.6. The van der Waals surface area contributed by atoms with Crippen molar-refractivity contribution < 1.29 is 14.2 Å². The summed E-state index contributed by atoms with van der Waals surface area (Å²) in [5.74, 6) is 2.29. The van der Waals surface area contributed by atoms with E-state index < -0.39 is 0 Å². The maximum Gasteiger partial charge on any atom is 0.170 e. The number of aryl methyl sites for hydroxylation is 1. The molecule has 0 saturated carbocycles. The number of thiocarbonyl (C=S) groups is 1. The first-order valence-electron chi connectivity index (χ1n) is 8.75. The third kappa shape index (κ3) is 6.83. The summed E-state index contributed by atoms with van der Waals surface area (Å²) in [5.41, 5.74) is 2.11. The summed E-state index contributed by atoms with van der Waals surface area (Å²) in [5, 5.41) is 6.99. The molecule has 0 aromatic heterocycles. The van der Waals surface area contributed by atoms with E-state index in [0.29, 0.717) is 11.7 Å². The van der Waals surface area contributed by atoms with Crippen molar-refractivity contribution in [3.05, 3.63) is 60.7 Å².